The molecule has 0 aliphatic heterocycles. The summed E-state index contributed by atoms with van der Waals surface area (Å²) < 4.78 is 0. The number of H-pyrrole nitrogens is 1. The third kappa shape index (κ3) is 3.70. The number of nitrogens with zero attached hydrogens (tertiary/aromatic N) is 1. The fraction of sp³-hybridized carbons (Fsp3) is 0.583. The topological polar surface area (TPSA) is 107 Å². The van der Waals surface area contributed by atoms with Crippen LogP contribution in [0.25, 0.3) is 0 Å². The van der Waals surface area contributed by atoms with Gasteiger partial charge in [0.1, 0.15) is 0 Å². The van der Waals surface area contributed by atoms with Crippen LogP contribution in [-0.2, 0) is 11.3 Å². The average molecular weight is 266 g/mol. The van der Waals surface area contributed by atoms with Crippen LogP contribution in [0.15, 0.2) is 12.5 Å². The van der Waals surface area contributed by atoms with Crippen molar-refractivity contribution in [3.8, 4) is 0 Å². The summed E-state index contributed by atoms with van der Waals surface area (Å²) in [6.45, 7) is 0.344. The molecule has 1 aromatic heterocycles. The van der Waals surface area contributed by atoms with Gasteiger partial charge in [-0.15, -0.1) is 0 Å². The molecule has 0 aromatic carbocycles. The molecule has 1 saturated carbocycles. The molecule has 7 heteroatoms. The summed E-state index contributed by atoms with van der Waals surface area (Å²) >= 11 is 0. The van der Waals surface area contributed by atoms with E-state index >= 15 is 0 Å². The molecular formula is C12H18N4O3. The molecule has 1 heterocycles. The Bertz CT molecular complexity index is 432. The number of carbonyl (C=O) groups excluding carboxylic acids is 1. The molecule has 2 unspecified atom stereocenters. The maximum absolute atomic E-state index is 11.7. The number of carboxylic acids is 1. The molecule has 1 aliphatic rings. The van der Waals surface area contributed by atoms with E-state index in [0.717, 1.165) is 18.5 Å². The lowest BCUT2D eigenvalue weighted by molar-refractivity contribution is -0.143. The van der Waals surface area contributed by atoms with Crippen LogP contribution >= 0.6 is 0 Å². The minimum Gasteiger partial charge on any atom is -0.481 e. The zero-order valence-electron chi connectivity index (χ0n) is 10.6. The number of nitrogens with one attached hydrogen (secondary N) is 3. The number of hydrogen-bond acceptors (Lipinski definition) is 3. The van der Waals surface area contributed by atoms with Gasteiger partial charge in [0.05, 0.1) is 24.5 Å². The lowest BCUT2D eigenvalue weighted by atomic mass is 9.84. The van der Waals surface area contributed by atoms with Crippen molar-refractivity contribution < 1.29 is 14.7 Å². The lowest BCUT2D eigenvalue weighted by Gasteiger charge is -2.29. The van der Waals surface area contributed by atoms with E-state index in [9.17, 15) is 9.59 Å². The van der Waals surface area contributed by atoms with E-state index in [1.54, 1.807) is 6.20 Å². The summed E-state index contributed by atoms with van der Waals surface area (Å²) in [6, 6.07) is -0.624. The van der Waals surface area contributed by atoms with Gasteiger partial charge < -0.3 is 20.7 Å². The van der Waals surface area contributed by atoms with Gasteiger partial charge in [-0.05, 0) is 12.8 Å². The standard InChI is InChI=1S/C12H18N4O3/c17-11(18)9-3-1-2-4-10(9)16-12(19)14-6-8-5-13-7-15-8/h5,7,9-10H,1-4,6H2,(H,13,15)(H,17,18)(H2,14,16,19). The number of carboxylic acid groups (broad SMARTS) is 1. The number of amides is 2. The monoisotopic (exact) mass is 266 g/mol. The molecule has 2 atom stereocenters. The highest BCUT2D eigenvalue weighted by Gasteiger charge is 2.31. The molecular weight excluding hydrogens is 248 g/mol. The summed E-state index contributed by atoms with van der Waals surface area (Å²) in [5.41, 5.74) is 0.800. The minimum absolute atomic E-state index is 0.284. The third-order valence-electron chi connectivity index (χ3n) is 3.39. The third-order valence-corrected chi connectivity index (χ3v) is 3.39. The van der Waals surface area contributed by atoms with Gasteiger partial charge in [0.2, 0.25) is 0 Å². The van der Waals surface area contributed by atoms with Crippen LogP contribution in [0.2, 0.25) is 0 Å². The van der Waals surface area contributed by atoms with E-state index in [4.69, 9.17) is 5.11 Å². The van der Waals surface area contributed by atoms with Gasteiger partial charge in [-0.2, -0.15) is 0 Å². The highest BCUT2D eigenvalue weighted by atomic mass is 16.4. The normalized spacial score (nSPS) is 22.7. The van der Waals surface area contributed by atoms with Crippen molar-refractivity contribution in [1.82, 2.24) is 20.6 Å². The fourth-order valence-corrected chi connectivity index (χ4v) is 2.38. The molecule has 19 heavy (non-hydrogen) atoms. The van der Waals surface area contributed by atoms with Crippen LogP contribution in [0.4, 0.5) is 4.79 Å². The second kappa shape index (κ2) is 6.21. The Labute approximate surface area is 110 Å². The molecule has 104 valence electrons. The van der Waals surface area contributed by atoms with Crippen molar-refractivity contribution in [2.75, 3.05) is 0 Å². The molecule has 1 aromatic rings. The van der Waals surface area contributed by atoms with Gasteiger partial charge in [-0.25, -0.2) is 9.78 Å². The number of hydrogen-bond donors (Lipinski definition) is 4. The van der Waals surface area contributed by atoms with Crippen molar-refractivity contribution in [1.29, 1.82) is 0 Å². The maximum atomic E-state index is 11.7. The first-order chi connectivity index (χ1) is 9.16. The zero-order chi connectivity index (χ0) is 13.7. The molecule has 1 fully saturated rings. The Kier molecular flexibility index (Phi) is 4.38. The minimum atomic E-state index is -0.835. The summed E-state index contributed by atoms with van der Waals surface area (Å²) in [4.78, 5) is 29.6. The number of rotatable bonds is 4. The Morgan fingerprint density at radius 3 is 2.89 bits per heavy atom. The van der Waals surface area contributed by atoms with E-state index in [0.29, 0.717) is 19.4 Å². The highest BCUT2D eigenvalue weighted by Crippen LogP contribution is 2.24. The molecule has 0 bridgehead atoms. The van der Waals surface area contributed by atoms with Gasteiger partial charge in [0.15, 0.2) is 0 Å². The lowest BCUT2D eigenvalue weighted by Crippen LogP contribution is -2.48. The van der Waals surface area contributed by atoms with Crippen molar-refractivity contribution in [2.45, 2.75) is 38.3 Å². The first kappa shape index (κ1) is 13.4. The second-order valence-corrected chi connectivity index (χ2v) is 4.74. The Morgan fingerprint density at radius 1 is 1.42 bits per heavy atom. The van der Waals surface area contributed by atoms with Crippen LogP contribution in [-0.4, -0.2) is 33.1 Å². The quantitative estimate of drug-likeness (QED) is 0.648. The van der Waals surface area contributed by atoms with Gasteiger partial charge in [0.25, 0.3) is 0 Å². The predicted octanol–water partition coefficient (Wildman–Crippen LogP) is 0.852. The molecule has 0 spiro atoms. The number of urea groups is 1. The number of carbonyl (C=O) groups is 2. The van der Waals surface area contributed by atoms with Crippen molar-refractivity contribution in [3.05, 3.63) is 18.2 Å². The Balaban J connectivity index is 1.81. The van der Waals surface area contributed by atoms with E-state index in [2.05, 4.69) is 20.6 Å². The summed E-state index contributed by atoms with van der Waals surface area (Å²) in [5, 5.41) is 14.5. The van der Waals surface area contributed by atoms with Gasteiger partial charge in [-0.1, -0.05) is 12.8 Å². The predicted molar refractivity (Wildman–Crippen MR) is 67.3 cm³/mol. The number of imidazole rings is 1. The van der Waals surface area contributed by atoms with Crippen molar-refractivity contribution in [3.63, 3.8) is 0 Å². The van der Waals surface area contributed by atoms with Crippen molar-refractivity contribution in [2.24, 2.45) is 5.92 Å². The Morgan fingerprint density at radius 2 is 2.21 bits per heavy atom. The first-order valence-corrected chi connectivity index (χ1v) is 6.41. The Hall–Kier alpha value is -2.05. The van der Waals surface area contributed by atoms with Gasteiger partial charge >= 0.3 is 12.0 Å². The number of aliphatic carboxylic acids is 1. The zero-order valence-corrected chi connectivity index (χ0v) is 10.6. The van der Waals surface area contributed by atoms with E-state index < -0.39 is 11.9 Å². The summed E-state index contributed by atoms with van der Waals surface area (Å²) in [7, 11) is 0. The summed E-state index contributed by atoms with van der Waals surface area (Å²) in [5.74, 6) is -1.31. The highest BCUT2D eigenvalue weighted by molar-refractivity contribution is 5.76. The van der Waals surface area contributed by atoms with Crippen LogP contribution in [0.5, 0.6) is 0 Å². The molecule has 2 rings (SSSR count). The first-order valence-electron chi connectivity index (χ1n) is 6.41. The largest absolute Gasteiger partial charge is 0.481 e. The van der Waals surface area contributed by atoms with Gasteiger partial charge in [0, 0.05) is 12.2 Å². The van der Waals surface area contributed by atoms with Crippen LogP contribution in [0, 0.1) is 5.92 Å². The molecule has 0 radical (unpaired) electrons. The van der Waals surface area contributed by atoms with E-state index in [1.807, 2.05) is 0 Å². The van der Waals surface area contributed by atoms with Crippen LogP contribution in [0.3, 0.4) is 0 Å². The van der Waals surface area contributed by atoms with E-state index in [-0.39, 0.29) is 12.1 Å². The smallest absolute Gasteiger partial charge is 0.315 e. The second-order valence-electron chi connectivity index (χ2n) is 4.74. The van der Waals surface area contributed by atoms with Gasteiger partial charge in [-0.3, -0.25) is 4.79 Å². The number of aromatic amines is 1. The summed E-state index contributed by atoms with van der Waals surface area (Å²) in [6.07, 6.45) is 6.37. The molecule has 1 aliphatic carbocycles. The van der Waals surface area contributed by atoms with Crippen LogP contribution < -0.4 is 10.6 Å². The molecule has 0 saturated heterocycles. The van der Waals surface area contributed by atoms with E-state index in [1.165, 1.54) is 6.33 Å². The SMILES string of the molecule is O=C(NCc1cnc[nH]1)NC1CCCCC1C(=O)O. The van der Waals surface area contributed by atoms with Crippen LogP contribution in [0.1, 0.15) is 31.4 Å². The maximum Gasteiger partial charge on any atom is 0.315 e. The molecule has 2 amide bonds. The molecule has 7 nitrogen and oxygen atoms in total. The molecule has 4 N–H and O–H groups in total. The number of aromatic nitrogens is 2. The fourth-order valence-electron chi connectivity index (χ4n) is 2.38. The average Bonchev–Trinajstić information content (AvgIpc) is 2.90. The van der Waals surface area contributed by atoms with Crippen molar-refractivity contribution >= 4 is 12.0 Å².